The number of nitrogens with zero attached hydrogens (tertiary/aromatic N) is 1. The van der Waals surface area contributed by atoms with Gasteiger partial charge in [0.05, 0.1) is 11.7 Å². The monoisotopic (exact) mass is 391 g/mol. The van der Waals surface area contributed by atoms with Gasteiger partial charge in [-0.1, -0.05) is 33.8 Å². The van der Waals surface area contributed by atoms with E-state index in [1.165, 1.54) is 0 Å². The van der Waals surface area contributed by atoms with Gasteiger partial charge in [0, 0.05) is 18.8 Å². The molecule has 4 nitrogen and oxygen atoms in total. The molecular formula is C24H41NO3. The molecule has 0 radical (unpaired) electrons. The number of carbonyl (C=O) groups excluding carboxylic acids is 1. The van der Waals surface area contributed by atoms with Gasteiger partial charge in [0.25, 0.3) is 0 Å². The van der Waals surface area contributed by atoms with E-state index in [2.05, 4.69) is 44.7 Å². The Balaban J connectivity index is 2.50. The van der Waals surface area contributed by atoms with E-state index in [4.69, 9.17) is 9.47 Å². The van der Waals surface area contributed by atoms with Gasteiger partial charge in [0.15, 0.2) is 6.10 Å². The van der Waals surface area contributed by atoms with Crippen LogP contribution in [0.2, 0.25) is 0 Å². The lowest BCUT2D eigenvalue weighted by atomic mass is 9.73. The van der Waals surface area contributed by atoms with Crippen LogP contribution in [-0.4, -0.2) is 41.8 Å². The van der Waals surface area contributed by atoms with Crippen molar-refractivity contribution in [3.8, 4) is 0 Å². The Morgan fingerprint density at radius 3 is 2.18 bits per heavy atom. The summed E-state index contributed by atoms with van der Waals surface area (Å²) in [5, 5.41) is 0. The van der Waals surface area contributed by atoms with Crippen LogP contribution in [0.4, 0.5) is 0 Å². The average Bonchev–Trinajstić information content (AvgIpc) is 2.50. The smallest absolute Gasteiger partial charge is 0.339 e. The molecule has 1 saturated heterocycles. The first-order valence-electron chi connectivity index (χ1n) is 10.8. The summed E-state index contributed by atoms with van der Waals surface area (Å²) in [5.41, 5.74) is 1.99. The summed E-state index contributed by atoms with van der Waals surface area (Å²) in [5.74, 6) is -0.280. The molecule has 0 aromatic heterocycles. The van der Waals surface area contributed by atoms with E-state index in [0.29, 0.717) is 5.41 Å². The Hall–Kier alpha value is -1.29. The molecule has 4 heteroatoms. The van der Waals surface area contributed by atoms with Gasteiger partial charge < -0.3 is 14.4 Å². The normalized spacial score (nSPS) is 23.1. The van der Waals surface area contributed by atoms with Crippen LogP contribution in [0, 0.1) is 10.8 Å². The lowest BCUT2D eigenvalue weighted by molar-refractivity contribution is -0.167. The van der Waals surface area contributed by atoms with Crippen molar-refractivity contribution in [3.63, 3.8) is 0 Å². The van der Waals surface area contributed by atoms with Crippen LogP contribution in [0.25, 0.3) is 0 Å². The Labute approximate surface area is 172 Å². The first-order valence-corrected chi connectivity index (χ1v) is 10.8. The first-order chi connectivity index (χ1) is 12.7. The average molecular weight is 392 g/mol. The molecule has 160 valence electrons. The first kappa shape index (κ1) is 23.0. The zero-order valence-corrected chi connectivity index (χ0v) is 19.5. The van der Waals surface area contributed by atoms with Crippen LogP contribution in [0.15, 0.2) is 23.4 Å². The quantitative estimate of drug-likeness (QED) is 0.581. The maximum Gasteiger partial charge on any atom is 0.339 e. The number of hydrogen-bond donors (Lipinski definition) is 0. The minimum absolute atomic E-state index is 0.164. The predicted molar refractivity (Wildman–Crippen MR) is 115 cm³/mol. The molecule has 1 fully saturated rings. The lowest BCUT2D eigenvalue weighted by Crippen LogP contribution is -2.45. The number of ether oxygens (including phenoxy) is 2. The van der Waals surface area contributed by atoms with Crippen molar-refractivity contribution in [2.24, 2.45) is 10.8 Å². The largest absolute Gasteiger partial charge is 0.461 e. The van der Waals surface area contributed by atoms with Crippen molar-refractivity contribution in [2.75, 3.05) is 13.1 Å². The summed E-state index contributed by atoms with van der Waals surface area (Å²) >= 11 is 0. The van der Waals surface area contributed by atoms with Gasteiger partial charge in [0.1, 0.15) is 0 Å². The van der Waals surface area contributed by atoms with Crippen molar-refractivity contribution < 1.29 is 14.3 Å². The number of carbonyl (C=O) groups is 1. The SMILES string of the molecule is CC(C)OC(=O)[C@@H](OC(C)(C)C)C1=C(N2CCC(C)(C)CC2)C=CCC1(C)C. The molecule has 0 unspecified atom stereocenters. The molecule has 0 aromatic carbocycles. The summed E-state index contributed by atoms with van der Waals surface area (Å²) in [6, 6.07) is 0. The summed E-state index contributed by atoms with van der Waals surface area (Å²) in [7, 11) is 0. The van der Waals surface area contributed by atoms with Gasteiger partial charge in [-0.2, -0.15) is 0 Å². The van der Waals surface area contributed by atoms with E-state index in [0.717, 1.165) is 43.6 Å². The molecule has 0 amide bonds. The molecule has 1 aliphatic heterocycles. The molecule has 1 heterocycles. The van der Waals surface area contributed by atoms with Crippen LogP contribution >= 0.6 is 0 Å². The van der Waals surface area contributed by atoms with E-state index in [9.17, 15) is 4.79 Å². The maximum atomic E-state index is 13.1. The number of likely N-dealkylation sites (tertiary alicyclic amines) is 1. The fourth-order valence-corrected chi connectivity index (χ4v) is 4.00. The highest BCUT2D eigenvalue weighted by Gasteiger charge is 2.42. The highest BCUT2D eigenvalue weighted by atomic mass is 16.6. The number of piperidine rings is 1. The van der Waals surface area contributed by atoms with Gasteiger partial charge in [-0.15, -0.1) is 0 Å². The minimum Gasteiger partial charge on any atom is -0.461 e. The van der Waals surface area contributed by atoms with Gasteiger partial charge in [-0.3, -0.25) is 0 Å². The molecular weight excluding hydrogens is 350 g/mol. The van der Waals surface area contributed by atoms with Crippen LogP contribution in [0.3, 0.4) is 0 Å². The Kier molecular flexibility index (Phi) is 6.75. The molecule has 1 atom stereocenters. The van der Waals surface area contributed by atoms with Gasteiger partial charge >= 0.3 is 5.97 Å². The molecule has 0 N–H and O–H groups in total. The van der Waals surface area contributed by atoms with Gasteiger partial charge in [-0.05, 0) is 76.4 Å². The van der Waals surface area contributed by atoms with Crippen molar-refractivity contribution >= 4 is 5.97 Å². The minimum atomic E-state index is -0.688. The summed E-state index contributed by atoms with van der Waals surface area (Å²) in [6.07, 6.45) is 6.77. The molecule has 0 spiro atoms. The molecule has 28 heavy (non-hydrogen) atoms. The van der Waals surface area contributed by atoms with E-state index >= 15 is 0 Å². The zero-order valence-electron chi connectivity index (χ0n) is 19.5. The number of rotatable bonds is 5. The van der Waals surface area contributed by atoms with Gasteiger partial charge in [0.2, 0.25) is 0 Å². The summed E-state index contributed by atoms with van der Waals surface area (Å²) in [4.78, 5) is 15.6. The van der Waals surface area contributed by atoms with E-state index in [1.54, 1.807) is 0 Å². The number of hydrogen-bond acceptors (Lipinski definition) is 4. The standard InChI is InChI=1S/C24H41NO3/c1-17(2)27-21(26)20(28-22(3,4)5)19-18(11-10-12-24(19,8)9)25-15-13-23(6,7)14-16-25/h10-11,17,20H,12-16H2,1-9H3/t20-/m0/s1. The maximum absolute atomic E-state index is 13.1. The molecule has 0 bridgehead atoms. The van der Waals surface area contributed by atoms with Crippen LogP contribution in [0.1, 0.15) is 81.6 Å². The summed E-state index contributed by atoms with van der Waals surface area (Å²) < 4.78 is 12.0. The third-order valence-electron chi connectivity index (χ3n) is 5.67. The van der Waals surface area contributed by atoms with E-state index < -0.39 is 11.7 Å². The molecule has 0 saturated carbocycles. The van der Waals surface area contributed by atoms with Crippen molar-refractivity contribution in [2.45, 2.75) is 99.4 Å². The Morgan fingerprint density at radius 1 is 1.11 bits per heavy atom. The third kappa shape index (κ3) is 5.85. The fraction of sp³-hybridized carbons (Fsp3) is 0.792. The lowest BCUT2D eigenvalue weighted by Gasteiger charge is -2.44. The Morgan fingerprint density at radius 2 is 1.68 bits per heavy atom. The Bertz CT molecular complexity index is 625. The van der Waals surface area contributed by atoms with Crippen LogP contribution < -0.4 is 0 Å². The molecule has 1 aliphatic carbocycles. The van der Waals surface area contributed by atoms with Crippen LogP contribution in [0.5, 0.6) is 0 Å². The molecule has 2 rings (SSSR count). The van der Waals surface area contributed by atoms with Crippen molar-refractivity contribution in [3.05, 3.63) is 23.4 Å². The number of esters is 1. The highest BCUT2D eigenvalue weighted by molar-refractivity contribution is 5.79. The second-order valence-corrected chi connectivity index (χ2v) is 11.0. The zero-order chi connectivity index (χ0) is 21.3. The second-order valence-electron chi connectivity index (χ2n) is 11.0. The topological polar surface area (TPSA) is 38.8 Å². The van der Waals surface area contributed by atoms with Crippen molar-refractivity contribution in [1.29, 1.82) is 0 Å². The van der Waals surface area contributed by atoms with Crippen molar-refractivity contribution in [1.82, 2.24) is 4.90 Å². The van der Waals surface area contributed by atoms with E-state index in [-0.39, 0.29) is 17.5 Å². The summed E-state index contributed by atoms with van der Waals surface area (Å²) in [6.45, 7) is 20.9. The predicted octanol–water partition coefficient (Wildman–Crippen LogP) is 5.48. The van der Waals surface area contributed by atoms with Crippen LogP contribution in [-0.2, 0) is 14.3 Å². The molecule has 0 aromatic rings. The van der Waals surface area contributed by atoms with Gasteiger partial charge in [-0.25, -0.2) is 4.79 Å². The third-order valence-corrected chi connectivity index (χ3v) is 5.67. The van der Waals surface area contributed by atoms with E-state index in [1.807, 2.05) is 34.6 Å². The highest BCUT2D eigenvalue weighted by Crippen LogP contribution is 2.43. The second kappa shape index (κ2) is 8.22. The molecule has 2 aliphatic rings. The number of allylic oxidation sites excluding steroid dienone is 2. The fourth-order valence-electron chi connectivity index (χ4n) is 4.00.